The number of piperidine rings is 1. The normalized spacial score (nSPS) is 23.8. The first-order valence-corrected chi connectivity index (χ1v) is 6.54. The van der Waals surface area contributed by atoms with Crippen LogP contribution in [0.2, 0.25) is 0 Å². The first-order valence-electron chi connectivity index (χ1n) is 6.54. The SMILES string of the molecule is CC1CN(C(=O)C=Cc2ccc(F)cc2)CCC1N. The summed E-state index contributed by atoms with van der Waals surface area (Å²) in [6.07, 6.45) is 4.09. The van der Waals surface area contributed by atoms with Crippen LogP contribution in [0.5, 0.6) is 0 Å². The number of nitrogens with two attached hydrogens (primary N) is 1. The average Bonchev–Trinajstić information content (AvgIpc) is 2.41. The van der Waals surface area contributed by atoms with Gasteiger partial charge in [-0.3, -0.25) is 4.79 Å². The quantitative estimate of drug-likeness (QED) is 0.829. The summed E-state index contributed by atoms with van der Waals surface area (Å²) in [6, 6.07) is 6.24. The predicted molar refractivity (Wildman–Crippen MR) is 73.8 cm³/mol. The summed E-state index contributed by atoms with van der Waals surface area (Å²) in [4.78, 5) is 13.8. The van der Waals surface area contributed by atoms with Gasteiger partial charge in [-0.2, -0.15) is 0 Å². The third-order valence-corrected chi connectivity index (χ3v) is 3.57. The van der Waals surface area contributed by atoms with Crippen LogP contribution in [0.15, 0.2) is 30.3 Å². The summed E-state index contributed by atoms with van der Waals surface area (Å²) in [6.45, 7) is 3.47. The summed E-state index contributed by atoms with van der Waals surface area (Å²) in [5.41, 5.74) is 6.74. The van der Waals surface area contributed by atoms with Gasteiger partial charge in [-0.15, -0.1) is 0 Å². The van der Waals surface area contributed by atoms with Crippen LogP contribution in [-0.4, -0.2) is 29.9 Å². The molecule has 2 rings (SSSR count). The second kappa shape index (κ2) is 5.97. The van der Waals surface area contributed by atoms with Crippen LogP contribution in [-0.2, 0) is 4.79 Å². The number of hydrogen-bond acceptors (Lipinski definition) is 2. The Kier molecular flexibility index (Phi) is 4.32. The van der Waals surface area contributed by atoms with Crippen molar-refractivity contribution < 1.29 is 9.18 Å². The van der Waals surface area contributed by atoms with Crippen molar-refractivity contribution in [2.75, 3.05) is 13.1 Å². The molecule has 0 radical (unpaired) electrons. The third kappa shape index (κ3) is 3.64. The highest BCUT2D eigenvalue weighted by molar-refractivity contribution is 5.91. The number of benzene rings is 1. The molecule has 0 spiro atoms. The van der Waals surface area contributed by atoms with Crippen molar-refractivity contribution in [3.05, 3.63) is 41.7 Å². The van der Waals surface area contributed by atoms with Gasteiger partial charge in [0, 0.05) is 25.2 Å². The second-order valence-electron chi connectivity index (χ2n) is 5.10. The predicted octanol–water partition coefficient (Wildman–Crippen LogP) is 2.03. The van der Waals surface area contributed by atoms with Gasteiger partial charge in [-0.25, -0.2) is 4.39 Å². The van der Waals surface area contributed by atoms with Gasteiger partial charge >= 0.3 is 0 Å². The zero-order valence-corrected chi connectivity index (χ0v) is 11.1. The molecule has 2 atom stereocenters. The van der Waals surface area contributed by atoms with Crippen LogP contribution in [0.25, 0.3) is 6.08 Å². The fourth-order valence-electron chi connectivity index (χ4n) is 2.21. The molecule has 4 heteroatoms. The van der Waals surface area contributed by atoms with Gasteiger partial charge in [0.2, 0.25) is 5.91 Å². The van der Waals surface area contributed by atoms with Crippen LogP contribution in [0.4, 0.5) is 4.39 Å². The number of nitrogens with zero attached hydrogens (tertiary/aromatic N) is 1. The third-order valence-electron chi connectivity index (χ3n) is 3.57. The van der Waals surface area contributed by atoms with E-state index in [1.54, 1.807) is 18.2 Å². The topological polar surface area (TPSA) is 46.3 Å². The molecule has 1 fully saturated rings. The van der Waals surface area contributed by atoms with Gasteiger partial charge in [0.25, 0.3) is 0 Å². The standard InChI is InChI=1S/C15H19FN2O/c1-11-10-18(9-8-14(11)17)15(19)7-4-12-2-5-13(16)6-3-12/h2-7,11,14H,8-10,17H2,1H3. The maximum Gasteiger partial charge on any atom is 0.246 e. The van der Waals surface area contributed by atoms with Crippen LogP contribution < -0.4 is 5.73 Å². The minimum atomic E-state index is -0.276. The maximum atomic E-state index is 12.7. The van der Waals surface area contributed by atoms with Crippen molar-refractivity contribution in [1.82, 2.24) is 4.90 Å². The molecule has 102 valence electrons. The summed E-state index contributed by atoms with van der Waals surface area (Å²) >= 11 is 0. The summed E-state index contributed by atoms with van der Waals surface area (Å²) < 4.78 is 12.7. The van der Waals surface area contributed by atoms with Crippen LogP contribution >= 0.6 is 0 Å². The number of likely N-dealkylation sites (tertiary alicyclic amines) is 1. The van der Waals surface area contributed by atoms with E-state index >= 15 is 0 Å². The number of halogens is 1. The molecule has 1 saturated heterocycles. The monoisotopic (exact) mass is 262 g/mol. The Balaban J connectivity index is 1.95. The molecule has 1 aliphatic heterocycles. The molecule has 2 N–H and O–H groups in total. The molecular formula is C15H19FN2O. The molecule has 1 aromatic carbocycles. The van der Waals surface area contributed by atoms with E-state index in [4.69, 9.17) is 5.73 Å². The van der Waals surface area contributed by atoms with Gasteiger partial charge in [0.05, 0.1) is 0 Å². The van der Waals surface area contributed by atoms with Crippen molar-refractivity contribution in [3.63, 3.8) is 0 Å². The lowest BCUT2D eigenvalue weighted by atomic mass is 9.95. The Morgan fingerprint density at radius 1 is 1.42 bits per heavy atom. The Morgan fingerprint density at radius 2 is 2.11 bits per heavy atom. The molecular weight excluding hydrogens is 243 g/mol. The Hall–Kier alpha value is -1.68. The van der Waals surface area contributed by atoms with Crippen LogP contribution in [0.1, 0.15) is 18.9 Å². The lowest BCUT2D eigenvalue weighted by Gasteiger charge is -2.34. The highest BCUT2D eigenvalue weighted by Gasteiger charge is 2.24. The van der Waals surface area contributed by atoms with E-state index < -0.39 is 0 Å². The molecule has 1 aromatic rings. The van der Waals surface area contributed by atoms with Gasteiger partial charge in [0.15, 0.2) is 0 Å². The summed E-state index contributed by atoms with van der Waals surface area (Å²) in [5, 5.41) is 0. The first kappa shape index (κ1) is 13.7. The molecule has 2 unspecified atom stereocenters. The highest BCUT2D eigenvalue weighted by atomic mass is 19.1. The van der Waals surface area contributed by atoms with E-state index in [0.717, 1.165) is 12.0 Å². The molecule has 0 aromatic heterocycles. The Morgan fingerprint density at radius 3 is 2.74 bits per heavy atom. The second-order valence-corrected chi connectivity index (χ2v) is 5.10. The number of amides is 1. The highest BCUT2D eigenvalue weighted by Crippen LogP contribution is 2.15. The average molecular weight is 262 g/mol. The lowest BCUT2D eigenvalue weighted by molar-refractivity contribution is -0.127. The molecule has 1 aliphatic rings. The van der Waals surface area contributed by atoms with E-state index in [2.05, 4.69) is 6.92 Å². The fraction of sp³-hybridized carbons (Fsp3) is 0.400. The Labute approximate surface area is 112 Å². The van der Waals surface area contributed by atoms with E-state index in [-0.39, 0.29) is 17.8 Å². The number of hydrogen-bond donors (Lipinski definition) is 1. The minimum absolute atomic E-state index is 0.0110. The number of rotatable bonds is 2. The van der Waals surface area contributed by atoms with Gasteiger partial charge in [-0.1, -0.05) is 19.1 Å². The fourth-order valence-corrected chi connectivity index (χ4v) is 2.21. The number of carbonyl (C=O) groups excluding carboxylic acids is 1. The smallest absolute Gasteiger partial charge is 0.246 e. The van der Waals surface area contributed by atoms with E-state index in [0.29, 0.717) is 19.0 Å². The van der Waals surface area contributed by atoms with Crippen LogP contribution in [0, 0.1) is 11.7 Å². The molecule has 0 aliphatic carbocycles. The largest absolute Gasteiger partial charge is 0.339 e. The summed E-state index contributed by atoms with van der Waals surface area (Å²) in [7, 11) is 0. The summed E-state index contributed by atoms with van der Waals surface area (Å²) in [5.74, 6) is 0.0438. The van der Waals surface area contributed by atoms with Crippen molar-refractivity contribution in [2.45, 2.75) is 19.4 Å². The first-order chi connectivity index (χ1) is 9.06. The molecule has 19 heavy (non-hydrogen) atoms. The zero-order chi connectivity index (χ0) is 13.8. The van der Waals surface area contributed by atoms with Gasteiger partial charge in [0.1, 0.15) is 5.82 Å². The van der Waals surface area contributed by atoms with Crippen molar-refractivity contribution in [1.29, 1.82) is 0 Å². The zero-order valence-electron chi connectivity index (χ0n) is 11.1. The Bertz CT molecular complexity index is 470. The molecule has 1 amide bonds. The molecule has 1 heterocycles. The van der Waals surface area contributed by atoms with Gasteiger partial charge < -0.3 is 10.6 Å². The van der Waals surface area contributed by atoms with E-state index in [9.17, 15) is 9.18 Å². The molecule has 0 saturated carbocycles. The lowest BCUT2D eigenvalue weighted by Crippen LogP contribution is -2.47. The number of carbonyl (C=O) groups is 1. The maximum absolute atomic E-state index is 12.7. The van der Waals surface area contributed by atoms with E-state index in [1.165, 1.54) is 18.2 Å². The van der Waals surface area contributed by atoms with Crippen molar-refractivity contribution in [3.8, 4) is 0 Å². The van der Waals surface area contributed by atoms with Crippen molar-refractivity contribution >= 4 is 12.0 Å². The van der Waals surface area contributed by atoms with E-state index in [1.807, 2.05) is 4.90 Å². The van der Waals surface area contributed by atoms with Gasteiger partial charge in [-0.05, 0) is 36.1 Å². The van der Waals surface area contributed by atoms with Crippen LogP contribution in [0.3, 0.4) is 0 Å². The molecule has 0 bridgehead atoms. The minimum Gasteiger partial charge on any atom is -0.339 e. The molecule has 3 nitrogen and oxygen atoms in total. The van der Waals surface area contributed by atoms with Crippen molar-refractivity contribution in [2.24, 2.45) is 11.7 Å².